The van der Waals surface area contributed by atoms with Gasteiger partial charge in [0.1, 0.15) is 5.82 Å². The number of anilines is 1. The number of amides is 2. The van der Waals surface area contributed by atoms with Gasteiger partial charge in [0.05, 0.1) is 10.7 Å². The molecule has 1 aromatic carbocycles. The lowest BCUT2D eigenvalue weighted by atomic mass is 10.3. The van der Waals surface area contributed by atoms with Gasteiger partial charge in [-0.25, -0.2) is 9.18 Å². The normalized spacial score (nSPS) is 9.71. The summed E-state index contributed by atoms with van der Waals surface area (Å²) in [6, 6.07) is 5.52. The molecule has 6 heteroatoms. The van der Waals surface area contributed by atoms with E-state index >= 15 is 0 Å². The van der Waals surface area contributed by atoms with Crippen LogP contribution in [0.2, 0.25) is 0 Å². The summed E-state index contributed by atoms with van der Waals surface area (Å²) in [6.07, 6.45) is 1.25. The standard InChI is InChI=1S/C11H14FN3OS/c12-8-4-1-2-5-9(8)15-11(16)14-7-3-6-10(13)17/h1-2,4-5H,3,6-7H2,(H2,13,17)(H2,14,15,16). The summed E-state index contributed by atoms with van der Waals surface area (Å²) >= 11 is 4.70. The molecule has 0 aliphatic rings. The Bertz CT molecular complexity index is 411. The molecule has 4 nitrogen and oxygen atoms in total. The van der Waals surface area contributed by atoms with Gasteiger partial charge in [0.2, 0.25) is 0 Å². The van der Waals surface area contributed by atoms with Crippen molar-refractivity contribution in [3.63, 3.8) is 0 Å². The molecule has 0 aliphatic carbocycles. The smallest absolute Gasteiger partial charge is 0.319 e. The second-order valence-corrected chi connectivity index (χ2v) is 3.95. The third-order valence-corrected chi connectivity index (χ3v) is 2.21. The van der Waals surface area contributed by atoms with Gasteiger partial charge in [-0.2, -0.15) is 0 Å². The van der Waals surface area contributed by atoms with E-state index in [2.05, 4.69) is 10.6 Å². The number of para-hydroxylation sites is 1. The van der Waals surface area contributed by atoms with Crippen molar-refractivity contribution >= 4 is 28.9 Å². The van der Waals surface area contributed by atoms with Crippen LogP contribution < -0.4 is 16.4 Å². The number of rotatable bonds is 5. The van der Waals surface area contributed by atoms with E-state index in [-0.39, 0.29) is 5.69 Å². The highest BCUT2D eigenvalue weighted by Gasteiger charge is 2.04. The molecule has 0 fully saturated rings. The van der Waals surface area contributed by atoms with E-state index in [9.17, 15) is 9.18 Å². The molecular weight excluding hydrogens is 241 g/mol. The Morgan fingerprint density at radius 2 is 2.12 bits per heavy atom. The molecule has 0 atom stereocenters. The fraction of sp³-hybridized carbons (Fsp3) is 0.273. The number of halogens is 1. The molecule has 1 aromatic rings. The molecule has 2 amide bonds. The van der Waals surface area contributed by atoms with Crippen molar-refractivity contribution in [3.8, 4) is 0 Å². The van der Waals surface area contributed by atoms with Crippen LogP contribution in [-0.4, -0.2) is 17.6 Å². The zero-order chi connectivity index (χ0) is 12.7. The van der Waals surface area contributed by atoms with Crippen molar-refractivity contribution in [2.45, 2.75) is 12.8 Å². The second-order valence-electron chi connectivity index (χ2n) is 3.43. The number of carbonyl (C=O) groups is 1. The minimum atomic E-state index is -0.467. The van der Waals surface area contributed by atoms with E-state index in [0.29, 0.717) is 24.4 Å². The van der Waals surface area contributed by atoms with Crippen LogP contribution in [0.25, 0.3) is 0 Å². The lowest BCUT2D eigenvalue weighted by Crippen LogP contribution is -2.30. The average Bonchev–Trinajstić information content (AvgIpc) is 2.27. The van der Waals surface area contributed by atoms with Crippen molar-refractivity contribution < 1.29 is 9.18 Å². The molecule has 0 saturated heterocycles. The predicted octanol–water partition coefficient (Wildman–Crippen LogP) is 2.01. The zero-order valence-electron chi connectivity index (χ0n) is 9.20. The van der Waals surface area contributed by atoms with E-state index in [1.54, 1.807) is 12.1 Å². The largest absolute Gasteiger partial charge is 0.393 e. The highest BCUT2D eigenvalue weighted by Crippen LogP contribution is 2.11. The minimum absolute atomic E-state index is 0.152. The zero-order valence-corrected chi connectivity index (χ0v) is 10.0. The molecule has 0 saturated carbocycles. The number of benzene rings is 1. The maximum absolute atomic E-state index is 13.2. The molecule has 1 rings (SSSR count). The minimum Gasteiger partial charge on any atom is -0.393 e. The van der Waals surface area contributed by atoms with Crippen molar-refractivity contribution in [2.75, 3.05) is 11.9 Å². The van der Waals surface area contributed by atoms with E-state index < -0.39 is 11.8 Å². The summed E-state index contributed by atoms with van der Waals surface area (Å²) in [7, 11) is 0. The van der Waals surface area contributed by atoms with Crippen molar-refractivity contribution in [2.24, 2.45) is 5.73 Å². The van der Waals surface area contributed by atoms with Crippen LogP contribution in [0.15, 0.2) is 24.3 Å². The number of hydrogen-bond donors (Lipinski definition) is 3. The van der Waals surface area contributed by atoms with Gasteiger partial charge < -0.3 is 16.4 Å². The fourth-order valence-corrected chi connectivity index (χ4v) is 1.34. The van der Waals surface area contributed by atoms with Crippen LogP contribution in [0.1, 0.15) is 12.8 Å². The number of carbonyl (C=O) groups excluding carboxylic acids is 1. The third-order valence-electron chi connectivity index (χ3n) is 2.01. The molecule has 0 bridgehead atoms. The molecule has 0 heterocycles. The molecule has 0 spiro atoms. The van der Waals surface area contributed by atoms with Crippen LogP contribution in [0.4, 0.5) is 14.9 Å². The quantitative estimate of drug-likeness (QED) is 0.557. The lowest BCUT2D eigenvalue weighted by Gasteiger charge is -2.07. The summed E-state index contributed by atoms with van der Waals surface area (Å²) < 4.78 is 13.2. The first-order valence-electron chi connectivity index (χ1n) is 5.17. The predicted molar refractivity (Wildman–Crippen MR) is 69.4 cm³/mol. The molecule has 0 aromatic heterocycles. The summed E-state index contributed by atoms with van der Waals surface area (Å²) in [5.74, 6) is -0.467. The lowest BCUT2D eigenvalue weighted by molar-refractivity contribution is 0.252. The summed E-state index contributed by atoms with van der Waals surface area (Å²) in [5.41, 5.74) is 5.46. The number of urea groups is 1. The number of nitrogens with one attached hydrogen (secondary N) is 2. The van der Waals surface area contributed by atoms with Gasteiger partial charge in [-0.05, 0) is 25.0 Å². The number of thiocarbonyl (C=S) groups is 1. The average molecular weight is 255 g/mol. The summed E-state index contributed by atoms with van der Waals surface area (Å²) in [5, 5.41) is 4.99. The van der Waals surface area contributed by atoms with Crippen molar-refractivity contribution in [1.29, 1.82) is 0 Å². The first-order chi connectivity index (χ1) is 8.09. The maximum Gasteiger partial charge on any atom is 0.319 e. The topological polar surface area (TPSA) is 67.1 Å². The fourth-order valence-electron chi connectivity index (χ4n) is 1.19. The molecule has 4 N–H and O–H groups in total. The summed E-state index contributed by atoms with van der Waals surface area (Å²) in [6.45, 7) is 0.442. The highest BCUT2D eigenvalue weighted by atomic mass is 32.1. The van der Waals surface area contributed by atoms with E-state index in [4.69, 9.17) is 18.0 Å². The van der Waals surface area contributed by atoms with Gasteiger partial charge in [0, 0.05) is 6.54 Å². The van der Waals surface area contributed by atoms with Crippen LogP contribution in [0.5, 0.6) is 0 Å². The van der Waals surface area contributed by atoms with Gasteiger partial charge >= 0.3 is 6.03 Å². The SMILES string of the molecule is NC(=S)CCCNC(=O)Nc1ccccc1F. The summed E-state index contributed by atoms with van der Waals surface area (Å²) in [4.78, 5) is 11.8. The Balaban J connectivity index is 2.30. The molecule has 0 aliphatic heterocycles. The van der Waals surface area contributed by atoms with Gasteiger partial charge in [0.15, 0.2) is 0 Å². The monoisotopic (exact) mass is 255 g/mol. The molecule has 0 radical (unpaired) electrons. The van der Waals surface area contributed by atoms with E-state index in [0.717, 1.165) is 0 Å². The van der Waals surface area contributed by atoms with Gasteiger partial charge in [0.25, 0.3) is 0 Å². The van der Waals surface area contributed by atoms with Crippen LogP contribution >= 0.6 is 12.2 Å². The molecular formula is C11H14FN3OS. The first-order valence-corrected chi connectivity index (χ1v) is 5.58. The Labute approximate surface area is 104 Å². The number of nitrogens with two attached hydrogens (primary N) is 1. The first kappa shape index (κ1) is 13.4. The van der Waals surface area contributed by atoms with Crippen molar-refractivity contribution in [3.05, 3.63) is 30.1 Å². The van der Waals surface area contributed by atoms with Gasteiger partial charge in [-0.3, -0.25) is 0 Å². The highest BCUT2D eigenvalue weighted by molar-refractivity contribution is 7.80. The molecule has 17 heavy (non-hydrogen) atoms. The number of hydrogen-bond acceptors (Lipinski definition) is 2. The van der Waals surface area contributed by atoms with Gasteiger partial charge in [-0.1, -0.05) is 24.4 Å². The molecule has 0 unspecified atom stereocenters. The Morgan fingerprint density at radius 3 is 2.76 bits per heavy atom. The van der Waals surface area contributed by atoms with Crippen LogP contribution in [0, 0.1) is 5.82 Å². The van der Waals surface area contributed by atoms with Crippen molar-refractivity contribution in [1.82, 2.24) is 5.32 Å². The van der Waals surface area contributed by atoms with Gasteiger partial charge in [-0.15, -0.1) is 0 Å². The second kappa shape index (κ2) is 6.80. The third kappa shape index (κ3) is 5.26. The van der Waals surface area contributed by atoms with Crippen LogP contribution in [-0.2, 0) is 0 Å². The Kier molecular flexibility index (Phi) is 5.35. The Morgan fingerprint density at radius 1 is 1.41 bits per heavy atom. The van der Waals surface area contributed by atoms with E-state index in [1.165, 1.54) is 12.1 Å². The Hall–Kier alpha value is -1.69. The van der Waals surface area contributed by atoms with Crippen LogP contribution in [0.3, 0.4) is 0 Å². The maximum atomic E-state index is 13.2. The van der Waals surface area contributed by atoms with E-state index in [1.807, 2.05) is 0 Å². The molecule has 92 valence electrons.